The molecule has 3 aromatic rings. The molecule has 2 N–H and O–H groups in total. The summed E-state index contributed by atoms with van der Waals surface area (Å²) in [5.41, 5.74) is 2.68. The molecule has 2 saturated carbocycles. The highest BCUT2D eigenvalue weighted by Gasteiger charge is 2.26. The van der Waals surface area contributed by atoms with Gasteiger partial charge in [-0.05, 0) is 56.1 Å². The molecule has 2 heterocycles. The number of nitrogens with one attached hydrogen (secondary N) is 1. The topological polar surface area (TPSA) is 97.1 Å². The Bertz CT molecular complexity index is 1240. The van der Waals surface area contributed by atoms with Crippen molar-refractivity contribution in [1.82, 2.24) is 14.5 Å². The first kappa shape index (κ1) is 23.5. The molecule has 1 atom stereocenters. The van der Waals surface area contributed by atoms with Crippen LogP contribution in [0.4, 0.5) is 5.95 Å². The zero-order valence-electron chi connectivity index (χ0n) is 20.3. The molecule has 2 aliphatic carbocycles. The first-order chi connectivity index (χ1) is 17.0. The molecule has 35 heavy (non-hydrogen) atoms. The number of nitrogens with zero attached hydrogens (tertiary/aromatic N) is 3. The van der Waals surface area contributed by atoms with E-state index in [2.05, 4.69) is 29.4 Å². The van der Waals surface area contributed by atoms with E-state index in [0.29, 0.717) is 11.6 Å². The van der Waals surface area contributed by atoms with Gasteiger partial charge in [-0.25, -0.2) is 4.98 Å². The maximum atomic E-state index is 13.8. The fourth-order valence-electron chi connectivity index (χ4n) is 5.88. The number of aliphatic carboxylic acids is 1. The van der Waals surface area contributed by atoms with Gasteiger partial charge in [0.15, 0.2) is 0 Å². The van der Waals surface area contributed by atoms with Crippen molar-refractivity contribution in [3.63, 3.8) is 0 Å². The molecule has 7 nitrogen and oxygen atoms in total. The Labute approximate surface area is 205 Å². The smallest absolute Gasteiger partial charge is 0.303 e. The molecule has 2 fully saturated rings. The van der Waals surface area contributed by atoms with E-state index in [1.165, 1.54) is 0 Å². The number of carboxylic acid groups (broad SMARTS) is 1. The maximum absolute atomic E-state index is 13.8. The molecule has 2 aromatic heterocycles. The lowest BCUT2D eigenvalue weighted by Gasteiger charge is -2.28. The Balaban J connectivity index is 1.46. The highest BCUT2D eigenvalue weighted by atomic mass is 16.4. The standard InChI is InChI=1S/C28H34N4O3/c1-18(20-7-3-2-4-8-20)24-16-21-17-29-28(30-22-13-11-19(12-14-22)15-25(33)34)31-26(21)32(27(24)35)23-9-5-6-10-23/h2-4,7-8,16-19,22-23H,5-6,9-15H2,1H3,(H,33,34)(H,29,30,31). The van der Waals surface area contributed by atoms with E-state index in [9.17, 15) is 9.59 Å². The van der Waals surface area contributed by atoms with Crippen LogP contribution in [0.3, 0.4) is 0 Å². The highest BCUT2D eigenvalue weighted by molar-refractivity contribution is 5.76. The van der Waals surface area contributed by atoms with Crippen LogP contribution in [-0.4, -0.2) is 31.7 Å². The van der Waals surface area contributed by atoms with E-state index in [-0.39, 0.29) is 35.9 Å². The maximum Gasteiger partial charge on any atom is 0.303 e. The van der Waals surface area contributed by atoms with Crippen LogP contribution in [0.5, 0.6) is 0 Å². The Morgan fingerprint density at radius 3 is 2.51 bits per heavy atom. The average Bonchev–Trinajstić information content (AvgIpc) is 3.39. The molecule has 7 heteroatoms. The molecule has 0 saturated heterocycles. The lowest BCUT2D eigenvalue weighted by atomic mass is 9.84. The van der Waals surface area contributed by atoms with Gasteiger partial charge in [-0.1, -0.05) is 50.1 Å². The molecule has 0 aliphatic heterocycles. The van der Waals surface area contributed by atoms with E-state index >= 15 is 0 Å². The minimum Gasteiger partial charge on any atom is -0.481 e. The quantitative estimate of drug-likeness (QED) is 0.469. The van der Waals surface area contributed by atoms with Gasteiger partial charge in [-0.15, -0.1) is 0 Å². The number of rotatable bonds is 7. The number of hydrogen-bond acceptors (Lipinski definition) is 5. The van der Waals surface area contributed by atoms with E-state index in [1.807, 2.05) is 35.0 Å². The van der Waals surface area contributed by atoms with Gasteiger partial charge in [-0.2, -0.15) is 4.98 Å². The van der Waals surface area contributed by atoms with Gasteiger partial charge in [0, 0.05) is 41.6 Å². The van der Waals surface area contributed by atoms with Crippen LogP contribution in [0.15, 0.2) is 47.4 Å². The third-order valence-electron chi connectivity index (χ3n) is 7.90. The normalized spacial score (nSPS) is 21.7. The number of carbonyl (C=O) groups is 1. The van der Waals surface area contributed by atoms with Gasteiger partial charge in [0.1, 0.15) is 5.65 Å². The lowest BCUT2D eigenvalue weighted by Crippen LogP contribution is -2.30. The summed E-state index contributed by atoms with van der Waals surface area (Å²) in [7, 11) is 0. The molecule has 184 valence electrons. The summed E-state index contributed by atoms with van der Waals surface area (Å²) in [6.45, 7) is 2.09. The molecule has 1 aromatic carbocycles. The summed E-state index contributed by atoms with van der Waals surface area (Å²) in [5, 5.41) is 13.4. The van der Waals surface area contributed by atoms with Crippen molar-refractivity contribution >= 4 is 23.0 Å². The zero-order valence-corrected chi connectivity index (χ0v) is 20.3. The molecular weight excluding hydrogens is 440 g/mol. The number of fused-ring (bicyclic) bond motifs is 1. The number of anilines is 1. The first-order valence-corrected chi connectivity index (χ1v) is 12.9. The van der Waals surface area contributed by atoms with Crippen LogP contribution in [-0.2, 0) is 4.79 Å². The summed E-state index contributed by atoms with van der Waals surface area (Å²) in [6.07, 6.45) is 9.95. The van der Waals surface area contributed by atoms with Crippen LogP contribution < -0.4 is 10.9 Å². The van der Waals surface area contributed by atoms with Crippen LogP contribution in [0.1, 0.15) is 87.8 Å². The molecule has 1 unspecified atom stereocenters. The summed E-state index contributed by atoms with van der Waals surface area (Å²) in [5.74, 6) is 0.0690. The van der Waals surface area contributed by atoms with Crippen LogP contribution >= 0.6 is 0 Å². The Morgan fingerprint density at radius 2 is 1.83 bits per heavy atom. The SMILES string of the molecule is CC(c1ccccc1)c1cc2cnc(NC3CCC(CC(=O)O)CC3)nc2n(C2CCCC2)c1=O. The second kappa shape index (κ2) is 10.2. The number of benzene rings is 1. The molecule has 2 aliphatic rings. The third kappa shape index (κ3) is 5.09. The number of carboxylic acids is 1. The van der Waals surface area contributed by atoms with Crippen molar-refractivity contribution in [1.29, 1.82) is 0 Å². The van der Waals surface area contributed by atoms with E-state index in [4.69, 9.17) is 10.1 Å². The van der Waals surface area contributed by atoms with E-state index in [0.717, 1.165) is 67.9 Å². The van der Waals surface area contributed by atoms with Crippen LogP contribution in [0, 0.1) is 5.92 Å². The van der Waals surface area contributed by atoms with Crippen molar-refractivity contribution in [2.24, 2.45) is 5.92 Å². The summed E-state index contributed by atoms with van der Waals surface area (Å²) >= 11 is 0. The largest absolute Gasteiger partial charge is 0.481 e. The predicted octanol–water partition coefficient (Wildman–Crippen LogP) is 5.50. The second-order valence-corrected chi connectivity index (χ2v) is 10.3. The predicted molar refractivity (Wildman–Crippen MR) is 137 cm³/mol. The minimum atomic E-state index is -0.717. The van der Waals surface area contributed by atoms with Gasteiger partial charge in [0.25, 0.3) is 5.56 Å². The number of hydrogen-bond donors (Lipinski definition) is 2. The summed E-state index contributed by atoms with van der Waals surface area (Å²) < 4.78 is 1.94. The zero-order chi connectivity index (χ0) is 24.4. The van der Waals surface area contributed by atoms with Crippen molar-refractivity contribution < 1.29 is 9.90 Å². The summed E-state index contributed by atoms with van der Waals surface area (Å²) in [4.78, 5) is 34.3. The van der Waals surface area contributed by atoms with Crippen molar-refractivity contribution in [3.05, 3.63) is 64.1 Å². The number of aromatic nitrogens is 3. The van der Waals surface area contributed by atoms with Gasteiger partial charge < -0.3 is 10.4 Å². The molecule has 5 rings (SSSR count). The molecule has 0 spiro atoms. The van der Waals surface area contributed by atoms with Crippen molar-refractivity contribution in [2.75, 3.05) is 5.32 Å². The average molecular weight is 475 g/mol. The number of pyridine rings is 1. The van der Waals surface area contributed by atoms with Crippen LogP contribution in [0.2, 0.25) is 0 Å². The highest BCUT2D eigenvalue weighted by Crippen LogP contribution is 2.33. The van der Waals surface area contributed by atoms with Crippen molar-refractivity contribution in [3.8, 4) is 0 Å². The molecule has 0 radical (unpaired) electrons. The van der Waals surface area contributed by atoms with E-state index in [1.54, 1.807) is 0 Å². The lowest BCUT2D eigenvalue weighted by molar-refractivity contribution is -0.138. The van der Waals surface area contributed by atoms with Crippen LogP contribution in [0.25, 0.3) is 11.0 Å². The van der Waals surface area contributed by atoms with Gasteiger partial charge in [0.2, 0.25) is 5.95 Å². The Hall–Kier alpha value is -3.22. The molecule has 0 amide bonds. The van der Waals surface area contributed by atoms with Crippen molar-refractivity contribution in [2.45, 2.75) is 82.7 Å². The van der Waals surface area contributed by atoms with Gasteiger partial charge >= 0.3 is 5.97 Å². The molecule has 0 bridgehead atoms. The fourth-order valence-corrected chi connectivity index (χ4v) is 5.88. The fraction of sp³-hybridized carbons (Fsp3) is 0.500. The Morgan fingerprint density at radius 1 is 1.11 bits per heavy atom. The minimum absolute atomic E-state index is 0.0143. The van der Waals surface area contributed by atoms with Gasteiger partial charge in [-0.3, -0.25) is 14.2 Å². The first-order valence-electron chi connectivity index (χ1n) is 12.9. The molecular formula is C28H34N4O3. The monoisotopic (exact) mass is 474 g/mol. The van der Waals surface area contributed by atoms with Gasteiger partial charge in [0.05, 0.1) is 0 Å². The third-order valence-corrected chi connectivity index (χ3v) is 7.90. The van der Waals surface area contributed by atoms with E-state index < -0.39 is 5.97 Å². The Kier molecular flexibility index (Phi) is 6.84. The summed E-state index contributed by atoms with van der Waals surface area (Å²) in [6, 6.07) is 12.5. The second-order valence-electron chi connectivity index (χ2n) is 10.3.